The number of ether oxygens (including phenoxy) is 3. The van der Waals surface area contributed by atoms with Crippen LogP contribution in [0.25, 0.3) is 33.4 Å². The predicted octanol–water partition coefficient (Wildman–Crippen LogP) is 11.6. The van der Waals surface area contributed by atoms with Gasteiger partial charge in [0.15, 0.2) is 6.73 Å². The number of halogens is 3. The van der Waals surface area contributed by atoms with Crippen LogP contribution in [0.5, 0.6) is 0 Å². The number of alkyl halides is 1. The summed E-state index contributed by atoms with van der Waals surface area (Å²) in [7, 11) is 3.08. The highest BCUT2D eigenvalue weighted by molar-refractivity contribution is 6.31. The van der Waals surface area contributed by atoms with Crippen LogP contribution in [0.1, 0.15) is 68.0 Å². The number of benzene rings is 4. The number of terminal acetylenes is 1. The zero-order valence-corrected chi connectivity index (χ0v) is 42.2. The molecule has 0 unspecified atom stereocenters. The van der Waals surface area contributed by atoms with Crippen molar-refractivity contribution in [1.82, 2.24) is 19.6 Å². The molecular formula is C52H59Cl3N4O8. The molecular weight excluding hydrogens is 915 g/mol. The normalized spacial score (nSPS) is 13.3. The van der Waals surface area contributed by atoms with Gasteiger partial charge < -0.3 is 29.1 Å². The maximum atomic E-state index is 13.4. The van der Waals surface area contributed by atoms with E-state index in [1.165, 1.54) is 16.8 Å². The average molecular weight is 974 g/mol. The highest BCUT2D eigenvalue weighted by atomic mass is 35.5. The molecule has 356 valence electrons. The molecule has 15 heteroatoms. The van der Waals surface area contributed by atoms with Gasteiger partial charge in [0.2, 0.25) is 0 Å². The molecule has 0 bridgehead atoms. The van der Waals surface area contributed by atoms with E-state index in [9.17, 15) is 24.3 Å². The number of nitrogens with zero attached hydrogens (tertiary/aromatic N) is 4. The second kappa shape index (κ2) is 24.1. The largest absolute Gasteiger partial charge is 0.510 e. The molecule has 67 heavy (non-hydrogen) atoms. The van der Waals surface area contributed by atoms with Gasteiger partial charge >= 0.3 is 12.2 Å². The van der Waals surface area contributed by atoms with Crippen LogP contribution in [0.4, 0.5) is 9.59 Å². The Balaban J connectivity index is 0.000000253. The first-order chi connectivity index (χ1) is 31.6. The fourth-order valence-electron chi connectivity index (χ4n) is 7.57. The summed E-state index contributed by atoms with van der Waals surface area (Å²) in [5, 5.41) is 11.8. The molecule has 1 N–H and O–H groups in total. The van der Waals surface area contributed by atoms with Gasteiger partial charge in [0, 0.05) is 36.2 Å². The van der Waals surface area contributed by atoms with E-state index in [2.05, 4.69) is 33.7 Å². The highest BCUT2D eigenvalue weighted by Gasteiger charge is 2.37. The number of aryl methyl sites for hydroxylation is 4. The van der Waals surface area contributed by atoms with Gasteiger partial charge in [-0.25, -0.2) is 9.59 Å². The Kier molecular flexibility index (Phi) is 19.2. The Morgan fingerprint density at radius 3 is 1.51 bits per heavy atom. The monoisotopic (exact) mass is 972 g/mol. The second-order valence-electron chi connectivity index (χ2n) is 16.6. The van der Waals surface area contributed by atoms with E-state index in [-0.39, 0.29) is 55.0 Å². The predicted molar refractivity (Wildman–Crippen MR) is 267 cm³/mol. The summed E-state index contributed by atoms with van der Waals surface area (Å²) in [5.41, 5.74) is 10.7. The van der Waals surface area contributed by atoms with E-state index < -0.39 is 6.09 Å². The third-order valence-corrected chi connectivity index (χ3v) is 11.8. The first-order valence-corrected chi connectivity index (χ1v) is 22.9. The molecule has 0 aliphatic carbocycles. The number of carbonyl (C=O) groups is 4. The number of carbonyl (C=O) groups excluding carboxylic acids is 4. The molecule has 4 aromatic carbocycles. The maximum absolute atomic E-state index is 13.4. The summed E-state index contributed by atoms with van der Waals surface area (Å²) in [6.45, 7) is 18.4. The molecule has 2 heterocycles. The molecule has 2 aliphatic rings. The molecule has 0 saturated carbocycles. The molecule has 0 spiro atoms. The number of aliphatic hydroxyl groups is 1. The molecule has 0 saturated heterocycles. The van der Waals surface area contributed by atoms with Crippen molar-refractivity contribution in [1.29, 1.82) is 0 Å². The number of hydrogen-bond donors (Lipinski definition) is 1. The smallest absolute Gasteiger partial charge is 0.426 e. The fourth-order valence-corrected chi connectivity index (χ4v) is 7.92. The van der Waals surface area contributed by atoms with E-state index in [1.807, 2.05) is 110 Å². The second-order valence-corrected chi connectivity index (χ2v) is 17.7. The minimum absolute atomic E-state index is 0.00770. The summed E-state index contributed by atoms with van der Waals surface area (Å²) in [4.78, 5) is 54.5. The lowest BCUT2D eigenvalue weighted by atomic mass is 9.91. The fraction of sp³-hybridized carbons (Fsp3) is 0.346. The van der Waals surface area contributed by atoms with Crippen LogP contribution in [-0.2, 0) is 23.8 Å². The van der Waals surface area contributed by atoms with Gasteiger partial charge in [-0.3, -0.25) is 19.4 Å². The quantitative estimate of drug-likeness (QED) is 0.0681. The van der Waals surface area contributed by atoms with E-state index in [4.69, 9.17) is 46.0 Å². The van der Waals surface area contributed by atoms with Crippen LogP contribution < -0.4 is 0 Å². The molecule has 0 radical (unpaired) electrons. The summed E-state index contributed by atoms with van der Waals surface area (Å²) >= 11 is 17.3. The Bertz CT molecular complexity index is 2520. The molecule has 4 amide bonds. The Hall–Kier alpha value is -6.13. The lowest BCUT2D eigenvalue weighted by Gasteiger charge is -2.22. The molecule has 6 rings (SSSR count). The van der Waals surface area contributed by atoms with Crippen molar-refractivity contribution in [2.24, 2.45) is 0 Å². The van der Waals surface area contributed by atoms with Gasteiger partial charge in [-0.05, 0) is 142 Å². The highest BCUT2D eigenvalue weighted by Crippen LogP contribution is 2.38. The summed E-state index contributed by atoms with van der Waals surface area (Å²) in [6.07, 6.45) is 5.78. The van der Waals surface area contributed by atoms with Crippen molar-refractivity contribution in [2.75, 3.05) is 46.5 Å². The Morgan fingerprint density at radius 2 is 1.12 bits per heavy atom. The van der Waals surface area contributed by atoms with Crippen molar-refractivity contribution in [3.8, 4) is 34.8 Å². The minimum Gasteiger partial charge on any atom is -0.510 e. The lowest BCUT2D eigenvalue weighted by Crippen LogP contribution is -2.34. The molecule has 12 nitrogen and oxygen atoms in total. The average Bonchev–Trinajstić information content (AvgIpc) is 3.76. The van der Waals surface area contributed by atoms with Gasteiger partial charge in [0.05, 0.1) is 36.8 Å². The van der Waals surface area contributed by atoms with Crippen molar-refractivity contribution in [3.63, 3.8) is 0 Å². The summed E-state index contributed by atoms with van der Waals surface area (Å²) in [5.74, 6) is 0.473. The molecule has 4 aromatic rings. The van der Waals surface area contributed by atoms with E-state index in [0.717, 1.165) is 55.6 Å². The van der Waals surface area contributed by atoms with Gasteiger partial charge in [0.1, 0.15) is 17.6 Å². The molecule has 2 aliphatic heterocycles. The van der Waals surface area contributed by atoms with Crippen LogP contribution >= 0.6 is 34.8 Å². The molecule has 0 fully saturated rings. The Labute approximate surface area is 409 Å². The standard InChI is InChI=1S/C26H27ClN2O4.C21H22ClNO2.C5H10ClNO2/c1-7-32-26(31)28(6)15-33-22-14-29(16(2)3)25(30)24(22)23-17(4)12-20(13-18(23)5)19-8-10-21(27)11-9-19;1-12(2)23-11-18(24)20(21(23)25)19-13(3)9-16(10-14(19)4)15-5-7-17(22)8-6-15;1-3-9-5(8)7(2)4-6/h1,8-13,16H,14-15H2,2-6H3;5-10,12,24H,11H2,1-4H3;3-4H2,1-2H3. The van der Waals surface area contributed by atoms with Crippen molar-refractivity contribution in [3.05, 3.63) is 128 Å². The summed E-state index contributed by atoms with van der Waals surface area (Å²) in [6, 6.07) is 23.8. The first kappa shape index (κ1) is 53.5. The van der Waals surface area contributed by atoms with Crippen LogP contribution in [0, 0.1) is 40.2 Å². The number of amides is 4. The zero-order valence-electron chi connectivity index (χ0n) is 39.9. The Morgan fingerprint density at radius 1 is 0.701 bits per heavy atom. The number of rotatable bonds is 11. The van der Waals surface area contributed by atoms with E-state index in [1.54, 1.807) is 23.8 Å². The molecule has 0 aromatic heterocycles. The minimum atomic E-state index is -0.704. The van der Waals surface area contributed by atoms with Gasteiger partial charge in [-0.1, -0.05) is 78.2 Å². The van der Waals surface area contributed by atoms with Crippen LogP contribution in [0.3, 0.4) is 0 Å². The van der Waals surface area contributed by atoms with Gasteiger partial charge in [-0.15, -0.1) is 11.6 Å². The maximum Gasteiger partial charge on any atom is 0.426 e. The topological polar surface area (TPSA) is 129 Å². The van der Waals surface area contributed by atoms with Crippen LogP contribution in [0.15, 0.2) is 84.3 Å². The lowest BCUT2D eigenvalue weighted by molar-refractivity contribution is -0.126. The zero-order chi connectivity index (χ0) is 49.9. The summed E-state index contributed by atoms with van der Waals surface area (Å²) < 4.78 is 15.1. The number of aliphatic hydroxyl groups excluding tert-OH is 1. The number of hydrogen-bond acceptors (Lipinski definition) is 8. The van der Waals surface area contributed by atoms with Crippen LogP contribution in [0.2, 0.25) is 10.0 Å². The van der Waals surface area contributed by atoms with E-state index in [0.29, 0.717) is 40.1 Å². The third-order valence-electron chi connectivity index (χ3n) is 11.0. The third kappa shape index (κ3) is 13.3. The molecule has 0 atom stereocenters. The van der Waals surface area contributed by atoms with Crippen molar-refractivity contribution >= 4 is 69.9 Å². The van der Waals surface area contributed by atoms with Gasteiger partial charge in [-0.2, -0.15) is 0 Å². The SMILES string of the molecule is C#COC(=O)N(C)COC1=C(c2c(C)cc(-c3ccc(Cl)cc3)cc2C)C(=O)N(C(C)C)C1.CCOC(=O)N(C)CCl.Cc1cc(-c2ccc(Cl)cc2)cc(C)c1C1=C(O)CN(C(C)C)C1=O. The first-order valence-electron chi connectivity index (χ1n) is 21.6. The van der Waals surface area contributed by atoms with E-state index >= 15 is 0 Å². The van der Waals surface area contributed by atoms with Crippen molar-refractivity contribution < 1.29 is 38.5 Å². The van der Waals surface area contributed by atoms with Crippen molar-refractivity contribution in [2.45, 2.75) is 74.4 Å². The van der Waals surface area contributed by atoms with Gasteiger partial charge in [0.25, 0.3) is 11.8 Å². The van der Waals surface area contributed by atoms with Crippen LogP contribution in [-0.4, -0.2) is 107 Å².